The fourth-order valence-corrected chi connectivity index (χ4v) is 2.66. The first kappa shape index (κ1) is 17.5. The van der Waals surface area contributed by atoms with Gasteiger partial charge in [0.2, 0.25) is 5.91 Å². The highest BCUT2D eigenvalue weighted by atomic mass is 32.1. The molecule has 0 aliphatic carbocycles. The maximum atomic E-state index is 11.9. The third-order valence-corrected chi connectivity index (χ3v) is 3.93. The van der Waals surface area contributed by atoms with Crippen LogP contribution in [0.2, 0.25) is 0 Å². The average molecular weight is 349 g/mol. The van der Waals surface area contributed by atoms with Gasteiger partial charge in [-0.05, 0) is 30.5 Å². The first-order valence-corrected chi connectivity index (χ1v) is 7.67. The quantitative estimate of drug-likeness (QED) is 0.659. The van der Waals surface area contributed by atoms with Gasteiger partial charge in [-0.3, -0.25) is 4.79 Å². The van der Waals surface area contributed by atoms with Crippen LogP contribution in [0.3, 0.4) is 0 Å². The molecule has 0 aromatic carbocycles. The van der Waals surface area contributed by atoms with Crippen molar-refractivity contribution in [3.8, 4) is 0 Å². The van der Waals surface area contributed by atoms with E-state index in [9.17, 15) is 14.4 Å². The van der Waals surface area contributed by atoms with E-state index in [0.717, 1.165) is 0 Å². The fraction of sp³-hybridized carbons (Fsp3) is 0.188. The Balaban J connectivity index is 2.08. The molecule has 0 saturated heterocycles. The van der Waals surface area contributed by atoms with E-state index in [4.69, 9.17) is 4.42 Å². The maximum absolute atomic E-state index is 11.9. The van der Waals surface area contributed by atoms with Gasteiger partial charge in [0.25, 0.3) is 0 Å². The topological polar surface area (TPSA) is 94.8 Å². The lowest BCUT2D eigenvalue weighted by Gasteiger charge is -2.02. The molecule has 2 aromatic heterocycles. The Hall–Kier alpha value is -2.87. The lowest BCUT2D eigenvalue weighted by Crippen LogP contribution is -2.10. The molecule has 0 aliphatic heterocycles. The number of furan rings is 1. The Morgan fingerprint density at radius 2 is 1.92 bits per heavy atom. The molecule has 1 amide bonds. The van der Waals surface area contributed by atoms with Gasteiger partial charge in [-0.1, -0.05) is 0 Å². The summed E-state index contributed by atoms with van der Waals surface area (Å²) < 4.78 is 14.6. The molecule has 126 valence electrons. The summed E-state index contributed by atoms with van der Waals surface area (Å²) in [6, 6.07) is 3.09. The zero-order valence-electron chi connectivity index (χ0n) is 13.2. The summed E-state index contributed by atoms with van der Waals surface area (Å²) >= 11 is 1.17. The van der Waals surface area contributed by atoms with Gasteiger partial charge in [0.15, 0.2) is 0 Å². The molecule has 0 radical (unpaired) electrons. The predicted octanol–water partition coefficient (Wildman–Crippen LogP) is 2.87. The van der Waals surface area contributed by atoms with Crippen molar-refractivity contribution in [2.24, 2.45) is 0 Å². The zero-order valence-corrected chi connectivity index (χ0v) is 14.1. The second-order valence-corrected chi connectivity index (χ2v) is 5.50. The number of rotatable bonds is 5. The number of methoxy groups -OCH3 is 2. The third kappa shape index (κ3) is 3.90. The molecule has 0 fully saturated rings. The van der Waals surface area contributed by atoms with Gasteiger partial charge in [0, 0.05) is 6.08 Å². The minimum Gasteiger partial charge on any atom is -0.465 e. The molecule has 0 saturated carbocycles. The van der Waals surface area contributed by atoms with Gasteiger partial charge in [-0.15, -0.1) is 11.3 Å². The van der Waals surface area contributed by atoms with Crippen molar-refractivity contribution in [3.05, 3.63) is 45.5 Å². The molecule has 0 bridgehead atoms. The molecular formula is C16H15NO6S. The fourth-order valence-electron chi connectivity index (χ4n) is 1.89. The molecule has 2 rings (SSSR count). The van der Waals surface area contributed by atoms with Crippen molar-refractivity contribution in [3.63, 3.8) is 0 Å². The Kier molecular flexibility index (Phi) is 5.54. The van der Waals surface area contributed by atoms with Gasteiger partial charge in [0.1, 0.15) is 22.0 Å². The minimum atomic E-state index is -0.520. The Bertz CT molecular complexity index is 801. The van der Waals surface area contributed by atoms with E-state index in [0.29, 0.717) is 27.6 Å². The number of thiophene rings is 1. The molecule has 0 atom stereocenters. The molecule has 7 nitrogen and oxygen atoms in total. The number of esters is 2. The number of aryl methyl sites for hydroxylation is 1. The molecule has 24 heavy (non-hydrogen) atoms. The first-order valence-electron chi connectivity index (χ1n) is 6.80. The third-order valence-electron chi connectivity index (χ3n) is 3.04. The highest BCUT2D eigenvalue weighted by molar-refractivity contribution is 7.12. The molecule has 2 aromatic rings. The van der Waals surface area contributed by atoms with Crippen LogP contribution in [0.5, 0.6) is 0 Å². The summed E-state index contributed by atoms with van der Waals surface area (Å²) in [6.07, 6.45) is 2.65. The van der Waals surface area contributed by atoms with E-state index in [1.54, 1.807) is 18.4 Å². The molecular weight excluding hydrogens is 334 g/mol. The monoisotopic (exact) mass is 349 g/mol. The SMILES string of the molecule is COC(=O)c1cc(C=CC(=O)Nc2ccsc2C(=O)OC)oc1C. The number of amides is 1. The molecule has 0 unspecified atom stereocenters. The Labute approximate surface area is 141 Å². The van der Waals surface area contributed by atoms with E-state index < -0.39 is 17.8 Å². The number of carbonyl (C=O) groups is 3. The zero-order chi connectivity index (χ0) is 17.7. The number of anilines is 1. The lowest BCUT2D eigenvalue weighted by atomic mass is 10.2. The van der Waals surface area contributed by atoms with Crippen LogP contribution in [0, 0.1) is 6.92 Å². The molecule has 2 heterocycles. The molecule has 0 aliphatic rings. The van der Waals surface area contributed by atoms with E-state index >= 15 is 0 Å². The first-order chi connectivity index (χ1) is 11.5. The summed E-state index contributed by atoms with van der Waals surface area (Å²) in [6.45, 7) is 1.62. The van der Waals surface area contributed by atoms with Gasteiger partial charge in [-0.25, -0.2) is 9.59 Å². The number of carbonyl (C=O) groups excluding carboxylic acids is 3. The second kappa shape index (κ2) is 7.60. The standard InChI is InChI=1S/C16H15NO6S/c1-9-11(15(19)21-2)8-10(23-9)4-5-13(18)17-12-6-7-24-14(12)16(20)22-3/h4-8H,1-3H3,(H,17,18). The van der Waals surface area contributed by atoms with Crippen molar-refractivity contribution in [1.29, 1.82) is 0 Å². The Morgan fingerprint density at radius 3 is 2.58 bits per heavy atom. The summed E-state index contributed by atoms with van der Waals surface area (Å²) in [7, 11) is 2.54. The lowest BCUT2D eigenvalue weighted by molar-refractivity contribution is -0.111. The normalized spacial score (nSPS) is 10.6. The van der Waals surface area contributed by atoms with E-state index in [2.05, 4.69) is 14.8 Å². The van der Waals surface area contributed by atoms with Crippen LogP contribution >= 0.6 is 11.3 Å². The van der Waals surface area contributed by atoms with Crippen molar-refractivity contribution >= 4 is 40.9 Å². The summed E-state index contributed by atoms with van der Waals surface area (Å²) in [5.41, 5.74) is 0.663. The highest BCUT2D eigenvalue weighted by Gasteiger charge is 2.16. The van der Waals surface area contributed by atoms with E-state index in [1.165, 1.54) is 43.8 Å². The van der Waals surface area contributed by atoms with Crippen LogP contribution in [-0.4, -0.2) is 32.1 Å². The van der Waals surface area contributed by atoms with Crippen molar-refractivity contribution in [1.82, 2.24) is 0 Å². The van der Waals surface area contributed by atoms with Crippen LogP contribution in [-0.2, 0) is 14.3 Å². The van der Waals surface area contributed by atoms with E-state index in [-0.39, 0.29) is 0 Å². The molecule has 0 spiro atoms. The number of hydrogen-bond acceptors (Lipinski definition) is 7. The summed E-state index contributed by atoms with van der Waals surface area (Å²) in [5.74, 6) is -0.753. The van der Waals surface area contributed by atoms with Crippen molar-refractivity contribution in [2.75, 3.05) is 19.5 Å². The summed E-state index contributed by atoms with van der Waals surface area (Å²) in [4.78, 5) is 35.3. The smallest absolute Gasteiger partial charge is 0.350 e. The summed E-state index contributed by atoms with van der Waals surface area (Å²) in [5, 5.41) is 4.25. The van der Waals surface area contributed by atoms with Gasteiger partial charge in [0.05, 0.1) is 19.9 Å². The maximum Gasteiger partial charge on any atom is 0.350 e. The van der Waals surface area contributed by atoms with E-state index in [1.807, 2.05) is 0 Å². The minimum absolute atomic E-state index is 0.295. The van der Waals surface area contributed by atoms with Crippen LogP contribution < -0.4 is 5.32 Å². The second-order valence-electron chi connectivity index (χ2n) is 4.59. The molecule has 8 heteroatoms. The van der Waals surface area contributed by atoms with Gasteiger partial charge < -0.3 is 19.2 Å². The number of hydrogen-bond donors (Lipinski definition) is 1. The number of ether oxygens (including phenoxy) is 2. The predicted molar refractivity (Wildman–Crippen MR) is 88.1 cm³/mol. The van der Waals surface area contributed by atoms with Crippen LogP contribution in [0.1, 0.15) is 31.6 Å². The highest BCUT2D eigenvalue weighted by Crippen LogP contribution is 2.23. The molecule has 1 N–H and O–H groups in total. The van der Waals surface area contributed by atoms with Crippen LogP contribution in [0.25, 0.3) is 6.08 Å². The van der Waals surface area contributed by atoms with Crippen LogP contribution in [0.15, 0.2) is 28.0 Å². The average Bonchev–Trinajstić information content (AvgIpc) is 3.18. The van der Waals surface area contributed by atoms with Crippen molar-refractivity contribution < 1.29 is 28.3 Å². The largest absolute Gasteiger partial charge is 0.465 e. The van der Waals surface area contributed by atoms with Gasteiger partial charge in [-0.2, -0.15) is 0 Å². The number of nitrogens with one attached hydrogen (secondary N) is 1. The van der Waals surface area contributed by atoms with Gasteiger partial charge >= 0.3 is 11.9 Å². The van der Waals surface area contributed by atoms with Crippen LogP contribution in [0.4, 0.5) is 5.69 Å². The Morgan fingerprint density at radius 1 is 1.21 bits per heavy atom. The van der Waals surface area contributed by atoms with Crippen molar-refractivity contribution in [2.45, 2.75) is 6.92 Å².